The summed E-state index contributed by atoms with van der Waals surface area (Å²) in [6.45, 7) is 4.30. The fourth-order valence-electron chi connectivity index (χ4n) is 3.18. The average molecular weight is 367 g/mol. The Bertz CT molecular complexity index is 1120. The Morgan fingerprint density at radius 3 is 2.46 bits per heavy atom. The van der Waals surface area contributed by atoms with Crippen LogP contribution in [0.5, 0.6) is 0 Å². The van der Waals surface area contributed by atoms with Crippen LogP contribution in [-0.2, 0) is 0 Å². The van der Waals surface area contributed by atoms with Crippen molar-refractivity contribution in [1.29, 1.82) is 0 Å². The van der Waals surface area contributed by atoms with Gasteiger partial charge in [0.1, 0.15) is 0 Å². The molecular formula is C24H21N3O. The van der Waals surface area contributed by atoms with Crippen LogP contribution in [0.3, 0.4) is 0 Å². The molecule has 0 aliphatic carbocycles. The molecule has 28 heavy (non-hydrogen) atoms. The van der Waals surface area contributed by atoms with Crippen molar-refractivity contribution >= 4 is 22.5 Å². The first-order valence-electron chi connectivity index (χ1n) is 9.33. The van der Waals surface area contributed by atoms with Gasteiger partial charge in [0, 0.05) is 29.0 Å². The van der Waals surface area contributed by atoms with E-state index in [2.05, 4.69) is 24.1 Å². The molecule has 0 bridgehead atoms. The van der Waals surface area contributed by atoms with Gasteiger partial charge in [0.05, 0.1) is 16.8 Å². The van der Waals surface area contributed by atoms with E-state index in [0.29, 0.717) is 11.5 Å². The lowest BCUT2D eigenvalue weighted by molar-refractivity contribution is 0.102. The molecule has 4 heteroatoms. The van der Waals surface area contributed by atoms with Crippen LogP contribution in [0, 0.1) is 0 Å². The maximum atomic E-state index is 13.1. The molecular weight excluding hydrogens is 346 g/mol. The van der Waals surface area contributed by atoms with E-state index in [4.69, 9.17) is 4.98 Å². The van der Waals surface area contributed by atoms with E-state index in [0.717, 1.165) is 27.8 Å². The minimum atomic E-state index is -0.152. The minimum Gasteiger partial charge on any atom is -0.322 e. The molecule has 0 radical (unpaired) electrons. The number of aromatic nitrogens is 2. The quantitative estimate of drug-likeness (QED) is 0.505. The highest BCUT2D eigenvalue weighted by Gasteiger charge is 2.14. The van der Waals surface area contributed by atoms with E-state index >= 15 is 0 Å². The van der Waals surface area contributed by atoms with Gasteiger partial charge in [-0.15, -0.1) is 0 Å². The lowest BCUT2D eigenvalue weighted by Crippen LogP contribution is -2.13. The lowest BCUT2D eigenvalue weighted by atomic mass is 10.0. The zero-order valence-corrected chi connectivity index (χ0v) is 15.9. The van der Waals surface area contributed by atoms with Crippen molar-refractivity contribution in [2.45, 2.75) is 19.8 Å². The predicted octanol–water partition coefficient (Wildman–Crippen LogP) is 5.67. The number of carbonyl (C=O) groups excluding carboxylic acids is 1. The van der Waals surface area contributed by atoms with Crippen LogP contribution >= 0.6 is 0 Å². The SMILES string of the molecule is CC(C)c1ccc(NC(=O)c2cc(-c3cccnc3)nc3ccccc23)cc1. The molecule has 0 saturated carbocycles. The van der Waals surface area contributed by atoms with Crippen LogP contribution in [-0.4, -0.2) is 15.9 Å². The number of hydrogen-bond acceptors (Lipinski definition) is 3. The van der Waals surface area contributed by atoms with Gasteiger partial charge in [-0.3, -0.25) is 9.78 Å². The molecule has 4 nitrogen and oxygen atoms in total. The molecule has 0 fully saturated rings. The molecule has 138 valence electrons. The van der Waals surface area contributed by atoms with Gasteiger partial charge in [0.25, 0.3) is 5.91 Å². The molecule has 1 amide bonds. The van der Waals surface area contributed by atoms with Crippen LogP contribution < -0.4 is 5.32 Å². The number of fused-ring (bicyclic) bond motifs is 1. The number of amides is 1. The van der Waals surface area contributed by atoms with E-state index in [-0.39, 0.29) is 5.91 Å². The molecule has 1 N–H and O–H groups in total. The highest BCUT2D eigenvalue weighted by Crippen LogP contribution is 2.25. The third-order valence-electron chi connectivity index (χ3n) is 4.75. The van der Waals surface area contributed by atoms with Crippen LogP contribution in [0.15, 0.2) is 79.1 Å². The van der Waals surface area contributed by atoms with Crippen molar-refractivity contribution < 1.29 is 4.79 Å². The van der Waals surface area contributed by atoms with Gasteiger partial charge in [0.15, 0.2) is 0 Å². The van der Waals surface area contributed by atoms with Crippen molar-refractivity contribution in [3.8, 4) is 11.3 Å². The second-order valence-corrected chi connectivity index (χ2v) is 7.04. The summed E-state index contributed by atoms with van der Waals surface area (Å²) in [5, 5.41) is 3.84. The normalized spacial score (nSPS) is 11.0. The summed E-state index contributed by atoms with van der Waals surface area (Å²) < 4.78 is 0. The molecule has 0 aliphatic rings. The monoisotopic (exact) mass is 367 g/mol. The largest absolute Gasteiger partial charge is 0.322 e. The van der Waals surface area contributed by atoms with Crippen LogP contribution in [0.1, 0.15) is 35.7 Å². The highest BCUT2D eigenvalue weighted by atomic mass is 16.1. The number of benzene rings is 2. The van der Waals surface area contributed by atoms with E-state index in [1.807, 2.05) is 66.7 Å². The first-order valence-corrected chi connectivity index (χ1v) is 9.33. The Morgan fingerprint density at radius 1 is 0.964 bits per heavy atom. The minimum absolute atomic E-state index is 0.152. The number of anilines is 1. The smallest absolute Gasteiger partial charge is 0.256 e. The van der Waals surface area contributed by atoms with Crippen molar-refractivity contribution in [2.24, 2.45) is 0 Å². The second-order valence-electron chi connectivity index (χ2n) is 7.04. The number of nitrogens with one attached hydrogen (secondary N) is 1. The topological polar surface area (TPSA) is 54.9 Å². The summed E-state index contributed by atoms with van der Waals surface area (Å²) in [5.74, 6) is 0.303. The van der Waals surface area contributed by atoms with Crippen molar-refractivity contribution in [3.63, 3.8) is 0 Å². The third kappa shape index (κ3) is 3.62. The Labute approximate surface area is 164 Å². The summed E-state index contributed by atoms with van der Waals surface area (Å²) in [5.41, 5.74) is 5.00. The highest BCUT2D eigenvalue weighted by molar-refractivity contribution is 6.13. The fourth-order valence-corrected chi connectivity index (χ4v) is 3.18. The summed E-state index contributed by atoms with van der Waals surface area (Å²) in [7, 11) is 0. The maximum Gasteiger partial charge on any atom is 0.256 e. The van der Waals surface area contributed by atoms with Crippen LogP contribution in [0.4, 0.5) is 5.69 Å². The van der Waals surface area contributed by atoms with Gasteiger partial charge in [-0.05, 0) is 47.9 Å². The van der Waals surface area contributed by atoms with Crippen LogP contribution in [0.25, 0.3) is 22.2 Å². The zero-order chi connectivity index (χ0) is 19.5. The second kappa shape index (κ2) is 7.61. The van der Waals surface area contributed by atoms with Crippen molar-refractivity contribution in [1.82, 2.24) is 9.97 Å². The molecule has 2 aromatic carbocycles. The number of hydrogen-bond donors (Lipinski definition) is 1. The van der Waals surface area contributed by atoms with E-state index in [1.165, 1.54) is 5.56 Å². The summed E-state index contributed by atoms with van der Waals surface area (Å²) in [4.78, 5) is 21.9. The molecule has 0 saturated heterocycles. The lowest BCUT2D eigenvalue weighted by Gasteiger charge is -2.11. The van der Waals surface area contributed by atoms with Gasteiger partial charge in [-0.2, -0.15) is 0 Å². The Kier molecular flexibility index (Phi) is 4.85. The summed E-state index contributed by atoms with van der Waals surface area (Å²) in [6, 6.07) is 21.3. The third-order valence-corrected chi connectivity index (χ3v) is 4.75. The molecule has 0 unspecified atom stereocenters. The van der Waals surface area contributed by atoms with E-state index < -0.39 is 0 Å². The first-order chi connectivity index (χ1) is 13.6. The molecule has 4 rings (SSSR count). The van der Waals surface area contributed by atoms with Gasteiger partial charge in [-0.1, -0.05) is 44.2 Å². The maximum absolute atomic E-state index is 13.1. The number of pyridine rings is 2. The van der Waals surface area contributed by atoms with E-state index in [1.54, 1.807) is 12.4 Å². The number of carbonyl (C=O) groups is 1. The number of nitrogens with zero attached hydrogens (tertiary/aromatic N) is 2. The number of para-hydroxylation sites is 1. The molecule has 0 atom stereocenters. The molecule has 2 heterocycles. The zero-order valence-electron chi connectivity index (χ0n) is 15.9. The van der Waals surface area contributed by atoms with Gasteiger partial charge >= 0.3 is 0 Å². The molecule has 0 aliphatic heterocycles. The van der Waals surface area contributed by atoms with E-state index in [9.17, 15) is 4.79 Å². The molecule has 4 aromatic rings. The Morgan fingerprint density at radius 2 is 1.75 bits per heavy atom. The van der Waals surface area contributed by atoms with Gasteiger partial charge in [0.2, 0.25) is 0 Å². The predicted molar refractivity (Wildman–Crippen MR) is 113 cm³/mol. The van der Waals surface area contributed by atoms with Gasteiger partial charge in [-0.25, -0.2) is 4.98 Å². The number of rotatable bonds is 4. The average Bonchev–Trinajstić information content (AvgIpc) is 2.74. The summed E-state index contributed by atoms with van der Waals surface area (Å²) in [6.07, 6.45) is 3.47. The fraction of sp³-hybridized carbons (Fsp3) is 0.125. The molecule has 2 aromatic heterocycles. The summed E-state index contributed by atoms with van der Waals surface area (Å²) >= 11 is 0. The Hall–Kier alpha value is -3.53. The standard InChI is InChI=1S/C24H21N3O/c1-16(2)17-9-11-19(12-10-17)26-24(28)21-14-23(18-6-5-13-25-15-18)27-22-8-4-3-7-20(21)22/h3-16H,1-2H3,(H,26,28). The molecule has 0 spiro atoms. The van der Waals surface area contributed by atoms with Crippen molar-refractivity contribution in [3.05, 3.63) is 90.3 Å². The van der Waals surface area contributed by atoms with Gasteiger partial charge < -0.3 is 5.32 Å². The van der Waals surface area contributed by atoms with Crippen molar-refractivity contribution in [2.75, 3.05) is 5.32 Å². The van der Waals surface area contributed by atoms with Crippen LogP contribution in [0.2, 0.25) is 0 Å². The Balaban J connectivity index is 1.73. The first kappa shape index (κ1) is 17.9.